The Balaban J connectivity index is 2.34. The van der Waals surface area contributed by atoms with Gasteiger partial charge in [0.25, 0.3) is 0 Å². The molecule has 0 saturated carbocycles. The molecule has 0 atom stereocenters. The molecular weight excluding hydrogens is 274 g/mol. The Morgan fingerprint density at radius 3 is 2.53 bits per heavy atom. The third-order valence-electron chi connectivity index (χ3n) is 2.52. The van der Waals surface area contributed by atoms with E-state index in [1.165, 1.54) is 31.4 Å². The van der Waals surface area contributed by atoms with Crippen molar-refractivity contribution < 1.29 is 13.5 Å². The van der Waals surface area contributed by atoms with Crippen LogP contribution < -0.4 is 15.8 Å². The summed E-state index contributed by atoms with van der Waals surface area (Å²) in [6.45, 7) is 0. The Labute approximate surface area is 113 Å². The van der Waals surface area contributed by atoms with E-state index in [0.29, 0.717) is 11.4 Å². The first-order chi connectivity index (χ1) is 9.01. The summed E-state index contributed by atoms with van der Waals surface area (Å²) in [6.07, 6.45) is 0. The quantitative estimate of drug-likeness (QED) is 0.839. The molecule has 0 amide bonds. The van der Waals surface area contributed by atoms with E-state index < -0.39 is 11.6 Å². The van der Waals surface area contributed by atoms with Crippen LogP contribution in [0, 0.1) is 11.6 Å². The van der Waals surface area contributed by atoms with Crippen molar-refractivity contribution in [3.8, 4) is 5.75 Å². The summed E-state index contributed by atoms with van der Waals surface area (Å²) in [6, 6.07) is 6.62. The summed E-state index contributed by atoms with van der Waals surface area (Å²) in [5, 5.41) is 2.73. The van der Waals surface area contributed by atoms with Crippen molar-refractivity contribution >= 4 is 28.7 Å². The second-order valence-corrected chi connectivity index (χ2v) is 4.24. The van der Waals surface area contributed by atoms with Crippen LogP contribution in [-0.2, 0) is 0 Å². The molecule has 0 saturated heterocycles. The molecule has 2 aromatic rings. The van der Waals surface area contributed by atoms with Crippen molar-refractivity contribution in [1.82, 2.24) is 0 Å². The summed E-state index contributed by atoms with van der Waals surface area (Å²) >= 11 is 5.57. The number of hydrogen-bond donors (Lipinski definition) is 2. The van der Waals surface area contributed by atoms with Crippen LogP contribution in [-0.4, -0.2) is 7.11 Å². The molecule has 0 fully saturated rings. The third kappa shape index (κ3) is 2.88. The number of ether oxygens (including phenoxy) is 1. The van der Waals surface area contributed by atoms with E-state index >= 15 is 0 Å². The lowest BCUT2D eigenvalue weighted by molar-refractivity contribution is 0.416. The average molecular weight is 285 g/mol. The van der Waals surface area contributed by atoms with E-state index in [-0.39, 0.29) is 16.4 Å². The molecule has 2 aromatic carbocycles. The van der Waals surface area contributed by atoms with Gasteiger partial charge in [-0.05, 0) is 18.2 Å². The molecule has 19 heavy (non-hydrogen) atoms. The summed E-state index contributed by atoms with van der Waals surface area (Å²) in [4.78, 5) is 0. The zero-order chi connectivity index (χ0) is 14.0. The molecule has 3 nitrogen and oxygen atoms in total. The Morgan fingerprint density at radius 2 is 1.89 bits per heavy atom. The van der Waals surface area contributed by atoms with Crippen LogP contribution in [0.15, 0.2) is 30.3 Å². The second kappa shape index (κ2) is 5.32. The van der Waals surface area contributed by atoms with Gasteiger partial charge in [0.15, 0.2) is 0 Å². The van der Waals surface area contributed by atoms with Gasteiger partial charge < -0.3 is 15.8 Å². The number of nitrogens with one attached hydrogen (secondary N) is 1. The maximum atomic E-state index is 13.7. The fourth-order valence-electron chi connectivity index (χ4n) is 1.57. The molecular formula is C13H11ClF2N2O. The minimum absolute atomic E-state index is 0.000841. The predicted molar refractivity (Wildman–Crippen MR) is 72.1 cm³/mol. The van der Waals surface area contributed by atoms with Crippen molar-refractivity contribution in [2.75, 3.05) is 18.2 Å². The van der Waals surface area contributed by atoms with Crippen LogP contribution >= 0.6 is 11.6 Å². The van der Waals surface area contributed by atoms with Crippen molar-refractivity contribution in [2.45, 2.75) is 0 Å². The van der Waals surface area contributed by atoms with Crippen molar-refractivity contribution in [3.63, 3.8) is 0 Å². The highest BCUT2D eigenvalue weighted by atomic mass is 35.5. The first kappa shape index (κ1) is 13.4. The highest BCUT2D eigenvalue weighted by Crippen LogP contribution is 2.30. The van der Waals surface area contributed by atoms with Crippen LogP contribution in [0.3, 0.4) is 0 Å². The molecule has 0 unspecified atom stereocenters. The van der Waals surface area contributed by atoms with Crippen LogP contribution in [0.25, 0.3) is 0 Å². The molecule has 0 radical (unpaired) electrons. The molecule has 0 aliphatic heterocycles. The highest BCUT2D eigenvalue weighted by Gasteiger charge is 2.09. The van der Waals surface area contributed by atoms with Gasteiger partial charge in [-0.25, -0.2) is 8.78 Å². The minimum Gasteiger partial charge on any atom is -0.495 e. The summed E-state index contributed by atoms with van der Waals surface area (Å²) < 4.78 is 32.0. The molecule has 0 aliphatic carbocycles. The van der Waals surface area contributed by atoms with Gasteiger partial charge in [0.2, 0.25) is 0 Å². The van der Waals surface area contributed by atoms with E-state index in [2.05, 4.69) is 5.32 Å². The fraction of sp³-hybridized carbons (Fsp3) is 0.0769. The Bertz CT molecular complexity index is 620. The largest absolute Gasteiger partial charge is 0.495 e. The predicted octanol–water partition coefficient (Wildman–Crippen LogP) is 3.95. The third-order valence-corrected chi connectivity index (χ3v) is 2.82. The van der Waals surface area contributed by atoms with Crippen molar-refractivity contribution in [1.29, 1.82) is 0 Å². The number of nitrogen functional groups attached to an aromatic ring is 1. The van der Waals surface area contributed by atoms with Crippen LogP contribution in [0.4, 0.5) is 25.8 Å². The lowest BCUT2D eigenvalue weighted by Crippen LogP contribution is -1.99. The fourth-order valence-corrected chi connectivity index (χ4v) is 1.69. The molecule has 0 aliphatic rings. The lowest BCUT2D eigenvalue weighted by atomic mass is 10.2. The van der Waals surface area contributed by atoms with E-state index in [9.17, 15) is 8.78 Å². The first-order valence-corrected chi connectivity index (χ1v) is 5.74. The van der Waals surface area contributed by atoms with E-state index in [4.69, 9.17) is 22.1 Å². The number of benzene rings is 2. The summed E-state index contributed by atoms with van der Waals surface area (Å²) in [5.41, 5.74) is 6.26. The van der Waals surface area contributed by atoms with Gasteiger partial charge in [0, 0.05) is 17.8 Å². The first-order valence-electron chi connectivity index (χ1n) is 5.36. The number of methoxy groups -OCH3 is 1. The normalized spacial score (nSPS) is 10.3. The smallest absolute Gasteiger partial charge is 0.148 e. The molecule has 0 bridgehead atoms. The lowest BCUT2D eigenvalue weighted by Gasteiger charge is -2.11. The van der Waals surface area contributed by atoms with Crippen LogP contribution in [0.1, 0.15) is 0 Å². The van der Waals surface area contributed by atoms with Gasteiger partial charge in [-0.15, -0.1) is 0 Å². The van der Waals surface area contributed by atoms with Gasteiger partial charge in [-0.2, -0.15) is 0 Å². The number of anilines is 3. The zero-order valence-corrected chi connectivity index (χ0v) is 10.8. The van der Waals surface area contributed by atoms with Crippen molar-refractivity contribution in [2.24, 2.45) is 0 Å². The number of nitrogens with two attached hydrogens (primary N) is 1. The van der Waals surface area contributed by atoms with E-state index in [1.54, 1.807) is 0 Å². The molecule has 0 aromatic heterocycles. The number of rotatable bonds is 3. The Kier molecular flexibility index (Phi) is 3.76. The second-order valence-electron chi connectivity index (χ2n) is 3.83. The molecule has 3 N–H and O–H groups in total. The molecule has 0 spiro atoms. The van der Waals surface area contributed by atoms with Crippen LogP contribution in [0.2, 0.25) is 5.02 Å². The maximum Gasteiger partial charge on any atom is 0.148 e. The maximum absolute atomic E-state index is 13.7. The molecule has 100 valence electrons. The SMILES string of the molecule is COc1cc(Nc2ccc(Cl)c(F)c2)c(F)cc1N. The van der Waals surface area contributed by atoms with Crippen molar-refractivity contribution in [3.05, 3.63) is 47.0 Å². The van der Waals surface area contributed by atoms with E-state index in [0.717, 1.165) is 6.07 Å². The average Bonchev–Trinajstić information content (AvgIpc) is 2.37. The summed E-state index contributed by atoms with van der Waals surface area (Å²) in [7, 11) is 1.43. The zero-order valence-electron chi connectivity index (χ0n) is 10.0. The van der Waals surface area contributed by atoms with Gasteiger partial charge in [-0.3, -0.25) is 0 Å². The minimum atomic E-state index is -0.588. The van der Waals surface area contributed by atoms with Gasteiger partial charge in [0.05, 0.1) is 23.5 Å². The summed E-state index contributed by atoms with van der Waals surface area (Å²) in [5.74, 6) is -0.818. The van der Waals surface area contributed by atoms with Gasteiger partial charge >= 0.3 is 0 Å². The van der Waals surface area contributed by atoms with E-state index in [1.807, 2.05) is 0 Å². The monoisotopic (exact) mass is 284 g/mol. The topological polar surface area (TPSA) is 47.3 Å². The van der Waals surface area contributed by atoms with Gasteiger partial charge in [0.1, 0.15) is 17.4 Å². The molecule has 0 heterocycles. The standard InChI is InChI=1S/C13H11ClF2N2O/c1-19-13-6-12(10(16)5-11(13)17)18-7-2-3-8(14)9(15)4-7/h2-6,18H,17H2,1H3. The number of hydrogen-bond acceptors (Lipinski definition) is 3. The molecule has 6 heteroatoms. The Hall–Kier alpha value is -2.01. The Morgan fingerprint density at radius 1 is 1.16 bits per heavy atom. The van der Waals surface area contributed by atoms with Gasteiger partial charge in [-0.1, -0.05) is 11.6 Å². The van der Waals surface area contributed by atoms with Crippen LogP contribution in [0.5, 0.6) is 5.75 Å². The number of halogens is 3. The highest BCUT2D eigenvalue weighted by molar-refractivity contribution is 6.30. The molecule has 2 rings (SSSR count).